The Balaban J connectivity index is 2.03. The molecule has 0 spiro atoms. The number of carboxylic acids is 1. The van der Waals surface area contributed by atoms with Gasteiger partial charge in [-0.15, -0.1) is 0 Å². The van der Waals surface area contributed by atoms with Gasteiger partial charge in [0.1, 0.15) is 0 Å². The molecule has 17 heavy (non-hydrogen) atoms. The zero-order valence-corrected chi connectivity index (χ0v) is 9.63. The Morgan fingerprint density at radius 3 is 2.65 bits per heavy atom. The molecule has 0 amide bonds. The summed E-state index contributed by atoms with van der Waals surface area (Å²) < 4.78 is 10.0. The molecule has 1 rings (SSSR count). The summed E-state index contributed by atoms with van der Waals surface area (Å²) in [5, 5.41) is 8.29. The molecular weight excluding hydrogens is 226 g/mol. The SMILES string of the molecule is O=C(O)C=CC(=O)OCCCN1CCOCC1. The minimum absolute atomic E-state index is 0.306. The van der Waals surface area contributed by atoms with Gasteiger partial charge in [-0.1, -0.05) is 0 Å². The molecule has 1 N–H and O–H groups in total. The van der Waals surface area contributed by atoms with Gasteiger partial charge in [0.05, 0.1) is 19.8 Å². The van der Waals surface area contributed by atoms with E-state index in [0.717, 1.165) is 51.4 Å². The predicted molar refractivity (Wildman–Crippen MR) is 59.6 cm³/mol. The van der Waals surface area contributed by atoms with Crippen molar-refractivity contribution in [2.45, 2.75) is 6.42 Å². The lowest BCUT2D eigenvalue weighted by Gasteiger charge is -2.26. The standard InChI is InChI=1S/C11H17NO5/c13-10(14)2-3-11(15)17-7-1-4-12-5-8-16-9-6-12/h2-3H,1,4-9H2,(H,13,14). The fourth-order valence-electron chi connectivity index (χ4n) is 1.47. The molecule has 0 aromatic rings. The molecule has 0 atom stereocenters. The highest BCUT2D eigenvalue weighted by Crippen LogP contribution is 1.98. The van der Waals surface area contributed by atoms with Crippen molar-refractivity contribution in [2.75, 3.05) is 39.5 Å². The summed E-state index contributed by atoms with van der Waals surface area (Å²) in [6, 6.07) is 0. The average Bonchev–Trinajstić information content (AvgIpc) is 2.33. The van der Waals surface area contributed by atoms with Crippen LogP contribution in [-0.2, 0) is 19.1 Å². The molecule has 6 heteroatoms. The number of hydrogen-bond donors (Lipinski definition) is 1. The normalized spacial score (nSPS) is 17.2. The van der Waals surface area contributed by atoms with E-state index in [1.54, 1.807) is 0 Å². The van der Waals surface area contributed by atoms with Crippen LogP contribution < -0.4 is 0 Å². The number of carbonyl (C=O) groups is 2. The molecule has 1 saturated heterocycles. The van der Waals surface area contributed by atoms with E-state index < -0.39 is 11.9 Å². The molecule has 0 radical (unpaired) electrons. The summed E-state index contributed by atoms with van der Waals surface area (Å²) in [6.45, 7) is 4.49. The van der Waals surface area contributed by atoms with E-state index in [1.807, 2.05) is 0 Å². The third kappa shape index (κ3) is 6.70. The lowest BCUT2D eigenvalue weighted by atomic mass is 10.3. The first kappa shape index (κ1) is 13.7. The van der Waals surface area contributed by atoms with E-state index in [9.17, 15) is 9.59 Å². The first-order valence-corrected chi connectivity index (χ1v) is 5.56. The smallest absolute Gasteiger partial charge is 0.331 e. The number of esters is 1. The van der Waals surface area contributed by atoms with Crippen molar-refractivity contribution >= 4 is 11.9 Å². The van der Waals surface area contributed by atoms with Crippen LogP contribution in [0.25, 0.3) is 0 Å². The lowest BCUT2D eigenvalue weighted by molar-refractivity contribution is -0.139. The van der Waals surface area contributed by atoms with Crippen molar-refractivity contribution in [1.29, 1.82) is 0 Å². The maximum absolute atomic E-state index is 11.0. The van der Waals surface area contributed by atoms with Crippen LogP contribution in [0.1, 0.15) is 6.42 Å². The van der Waals surface area contributed by atoms with E-state index >= 15 is 0 Å². The number of hydrogen-bond acceptors (Lipinski definition) is 5. The summed E-state index contributed by atoms with van der Waals surface area (Å²) in [6.07, 6.45) is 2.42. The quantitative estimate of drug-likeness (QED) is 0.398. The topological polar surface area (TPSA) is 76.1 Å². The minimum Gasteiger partial charge on any atom is -0.478 e. The Bertz CT molecular complexity index is 284. The van der Waals surface area contributed by atoms with Crippen molar-refractivity contribution in [3.63, 3.8) is 0 Å². The molecular formula is C11H17NO5. The number of aliphatic carboxylic acids is 1. The van der Waals surface area contributed by atoms with Crippen LogP contribution in [0.2, 0.25) is 0 Å². The number of ether oxygens (including phenoxy) is 2. The molecule has 0 bridgehead atoms. The fraction of sp³-hybridized carbons (Fsp3) is 0.636. The summed E-state index contributed by atoms with van der Waals surface area (Å²) in [4.78, 5) is 23.4. The van der Waals surface area contributed by atoms with E-state index in [-0.39, 0.29) is 0 Å². The van der Waals surface area contributed by atoms with E-state index in [2.05, 4.69) is 4.90 Å². The first-order chi connectivity index (χ1) is 8.18. The number of nitrogens with zero attached hydrogens (tertiary/aromatic N) is 1. The summed E-state index contributed by atoms with van der Waals surface area (Å²) in [5.41, 5.74) is 0. The van der Waals surface area contributed by atoms with E-state index in [1.165, 1.54) is 0 Å². The van der Waals surface area contributed by atoms with Gasteiger partial charge in [0.15, 0.2) is 0 Å². The van der Waals surface area contributed by atoms with Crippen molar-refractivity contribution in [3.8, 4) is 0 Å². The van der Waals surface area contributed by atoms with Gasteiger partial charge in [-0.05, 0) is 6.42 Å². The number of carboxylic acid groups (broad SMARTS) is 1. The summed E-state index contributed by atoms with van der Waals surface area (Å²) in [7, 11) is 0. The van der Waals surface area contributed by atoms with Crippen LogP contribution in [0.4, 0.5) is 0 Å². The van der Waals surface area contributed by atoms with Crippen molar-refractivity contribution in [3.05, 3.63) is 12.2 Å². The van der Waals surface area contributed by atoms with Gasteiger partial charge in [-0.2, -0.15) is 0 Å². The molecule has 0 aromatic heterocycles. The predicted octanol–water partition coefficient (Wildman–Crippen LogP) is -0.107. The Labute approximate surface area is 99.8 Å². The van der Waals surface area contributed by atoms with Crippen LogP contribution >= 0.6 is 0 Å². The molecule has 1 aliphatic heterocycles. The third-order valence-corrected chi connectivity index (χ3v) is 2.33. The zero-order chi connectivity index (χ0) is 12.5. The summed E-state index contributed by atoms with van der Waals surface area (Å²) in [5.74, 6) is -1.77. The Kier molecular flexibility index (Phi) is 6.27. The second-order valence-electron chi connectivity index (χ2n) is 3.65. The van der Waals surface area contributed by atoms with Gasteiger partial charge in [0.2, 0.25) is 0 Å². The molecule has 0 aliphatic carbocycles. The molecule has 0 saturated carbocycles. The average molecular weight is 243 g/mol. The van der Waals surface area contributed by atoms with Crippen LogP contribution in [0.3, 0.4) is 0 Å². The van der Waals surface area contributed by atoms with Crippen molar-refractivity contribution in [1.82, 2.24) is 4.90 Å². The molecule has 1 heterocycles. The Morgan fingerprint density at radius 1 is 1.29 bits per heavy atom. The van der Waals surface area contributed by atoms with E-state index in [0.29, 0.717) is 6.61 Å². The lowest BCUT2D eigenvalue weighted by Crippen LogP contribution is -2.37. The fourth-order valence-corrected chi connectivity index (χ4v) is 1.47. The number of rotatable bonds is 6. The molecule has 0 aromatic carbocycles. The molecule has 1 aliphatic rings. The van der Waals surface area contributed by atoms with Crippen LogP contribution in [0.5, 0.6) is 0 Å². The second kappa shape index (κ2) is 7.81. The van der Waals surface area contributed by atoms with Gasteiger partial charge in [0, 0.05) is 31.8 Å². The molecule has 6 nitrogen and oxygen atoms in total. The Morgan fingerprint density at radius 2 is 2.00 bits per heavy atom. The van der Waals surface area contributed by atoms with Crippen LogP contribution in [-0.4, -0.2) is 61.4 Å². The van der Waals surface area contributed by atoms with Crippen LogP contribution in [0, 0.1) is 0 Å². The molecule has 1 fully saturated rings. The van der Waals surface area contributed by atoms with Gasteiger partial charge in [-0.3, -0.25) is 4.90 Å². The highest BCUT2D eigenvalue weighted by molar-refractivity contribution is 5.90. The third-order valence-electron chi connectivity index (χ3n) is 2.33. The number of carbonyl (C=O) groups excluding carboxylic acids is 1. The van der Waals surface area contributed by atoms with Gasteiger partial charge < -0.3 is 14.6 Å². The molecule has 96 valence electrons. The maximum Gasteiger partial charge on any atom is 0.331 e. The Hall–Kier alpha value is -1.40. The monoisotopic (exact) mass is 243 g/mol. The largest absolute Gasteiger partial charge is 0.478 e. The van der Waals surface area contributed by atoms with Gasteiger partial charge in [0.25, 0.3) is 0 Å². The van der Waals surface area contributed by atoms with Crippen molar-refractivity contribution in [2.24, 2.45) is 0 Å². The minimum atomic E-state index is -1.16. The number of morpholine rings is 1. The zero-order valence-electron chi connectivity index (χ0n) is 9.63. The van der Waals surface area contributed by atoms with Gasteiger partial charge >= 0.3 is 11.9 Å². The summed E-state index contributed by atoms with van der Waals surface area (Å²) >= 11 is 0. The highest BCUT2D eigenvalue weighted by Gasteiger charge is 2.09. The van der Waals surface area contributed by atoms with E-state index in [4.69, 9.17) is 14.6 Å². The second-order valence-corrected chi connectivity index (χ2v) is 3.65. The maximum atomic E-state index is 11.0. The molecule has 0 unspecified atom stereocenters. The highest BCUT2D eigenvalue weighted by atomic mass is 16.5. The van der Waals surface area contributed by atoms with Gasteiger partial charge in [-0.25, -0.2) is 9.59 Å². The van der Waals surface area contributed by atoms with Crippen LogP contribution in [0.15, 0.2) is 12.2 Å². The van der Waals surface area contributed by atoms with Crippen molar-refractivity contribution < 1.29 is 24.2 Å². The first-order valence-electron chi connectivity index (χ1n) is 5.56.